The van der Waals surface area contributed by atoms with Gasteiger partial charge in [-0.05, 0) is 6.42 Å². The second-order valence-electron chi connectivity index (χ2n) is 4.27. The van der Waals surface area contributed by atoms with E-state index in [1.165, 1.54) is 5.01 Å². The van der Waals surface area contributed by atoms with Crippen molar-refractivity contribution in [1.82, 2.24) is 14.8 Å². The molecule has 0 unspecified atom stereocenters. The van der Waals surface area contributed by atoms with E-state index in [0.29, 0.717) is 6.54 Å². The van der Waals surface area contributed by atoms with Gasteiger partial charge in [-0.15, -0.1) is 0 Å². The number of nitrogens with zero attached hydrogens (tertiary/aromatic N) is 3. The number of hydrogen-bond donors (Lipinski definition) is 1. The molecule has 2 aliphatic rings. The lowest BCUT2D eigenvalue weighted by atomic mass is 10.3. The Morgan fingerprint density at radius 1 is 1.12 bits per heavy atom. The Kier molecular flexibility index (Phi) is 3.98. The fourth-order valence-corrected chi connectivity index (χ4v) is 2.10. The zero-order chi connectivity index (χ0) is 11.4. The molecule has 2 saturated heterocycles. The molecule has 6 heteroatoms. The Balaban J connectivity index is 1.73. The quantitative estimate of drug-likeness (QED) is 0.513. The predicted molar refractivity (Wildman–Crippen MR) is 59.7 cm³/mol. The molecule has 2 amide bonds. The van der Waals surface area contributed by atoms with Gasteiger partial charge in [0.05, 0.1) is 13.2 Å². The summed E-state index contributed by atoms with van der Waals surface area (Å²) in [5.74, 6) is 5.59. The Morgan fingerprint density at radius 3 is 2.62 bits per heavy atom. The first kappa shape index (κ1) is 11.6. The predicted octanol–water partition coefficient (Wildman–Crippen LogP) is -0.680. The van der Waals surface area contributed by atoms with Gasteiger partial charge in [0.1, 0.15) is 0 Å². The molecule has 16 heavy (non-hydrogen) atoms. The molecule has 0 aromatic rings. The van der Waals surface area contributed by atoms with Crippen LogP contribution in [0.1, 0.15) is 6.42 Å². The molecule has 2 fully saturated rings. The Morgan fingerprint density at radius 2 is 1.88 bits per heavy atom. The van der Waals surface area contributed by atoms with Crippen LogP contribution in [0.4, 0.5) is 4.79 Å². The highest BCUT2D eigenvalue weighted by molar-refractivity contribution is 5.74. The molecule has 0 radical (unpaired) electrons. The summed E-state index contributed by atoms with van der Waals surface area (Å²) in [5.41, 5.74) is 0. The highest BCUT2D eigenvalue weighted by Crippen LogP contribution is 2.06. The number of carbonyl (C=O) groups is 1. The summed E-state index contributed by atoms with van der Waals surface area (Å²) in [6.07, 6.45) is 0.964. The van der Waals surface area contributed by atoms with E-state index in [0.717, 1.165) is 52.4 Å². The standard InChI is InChI=1S/C10H20N4O2/c11-14-3-1-2-13(10(14)15)5-4-12-6-8-16-9-7-12/h1-9,11H2. The van der Waals surface area contributed by atoms with Gasteiger partial charge in [0.25, 0.3) is 0 Å². The first-order chi connectivity index (χ1) is 7.77. The monoisotopic (exact) mass is 228 g/mol. The SMILES string of the molecule is NN1CCCN(CCN2CCOCC2)C1=O. The van der Waals surface area contributed by atoms with Crippen molar-refractivity contribution in [2.75, 3.05) is 52.5 Å². The van der Waals surface area contributed by atoms with E-state index in [1.54, 1.807) is 0 Å². The van der Waals surface area contributed by atoms with Gasteiger partial charge in [0, 0.05) is 39.3 Å². The van der Waals surface area contributed by atoms with Gasteiger partial charge < -0.3 is 9.64 Å². The lowest BCUT2D eigenvalue weighted by Gasteiger charge is -2.35. The van der Waals surface area contributed by atoms with Gasteiger partial charge in [-0.2, -0.15) is 0 Å². The number of hydrogen-bond acceptors (Lipinski definition) is 4. The number of rotatable bonds is 3. The maximum atomic E-state index is 11.7. The lowest BCUT2D eigenvalue weighted by molar-refractivity contribution is 0.0328. The summed E-state index contributed by atoms with van der Waals surface area (Å²) in [7, 11) is 0. The Hall–Kier alpha value is -0.850. The maximum Gasteiger partial charge on any atom is 0.334 e. The zero-order valence-electron chi connectivity index (χ0n) is 9.60. The third kappa shape index (κ3) is 2.84. The van der Waals surface area contributed by atoms with Crippen molar-refractivity contribution in [2.45, 2.75) is 6.42 Å². The van der Waals surface area contributed by atoms with Crippen LogP contribution in [-0.2, 0) is 4.74 Å². The molecule has 92 valence electrons. The van der Waals surface area contributed by atoms with Gasteiger partial charge in [0.15, 0.2) is 0 Å². The van der Waals surface area contributed by atoms with Crippen LogP contribution in [0.5, 0.6) is 0 Å². The van der Waals surface area contributed by atoms with Crippen LogP contribution in [0.15, 0.2) is 0 Å². The number of amides is 2. The van der Waals surface area contributed by atoms with Crippen LogP contribution in [-0.4, -0.2) is 73.3 Å². The number of carbonyl (C=O) groups excluding carboxylic acids is 1. The molecule has 0 aromatic heterocycles. The summed E-state index contributed by atoms with van der Waals surface area (Å²) in [5, 5.41) is 1.31. The van der Waals surface area contributed by atoms with Gasteiger partial charge >= 0.3 is 6.03 Å². The second kappa shape index (κ2) is 5.47. The molecule has 6 nitrogen and oxygen atoms in total. The van der Waals surface area contributed by atoms with Gasteiger partial charge in [-0.25, -0.2) is 10.6 Å². The number of hydrazine groups is 1. The van der Waals surface area contributed by atoms with Gasteiger partial charge in [0.2, 0.25) is 0 Å². The first-order valence-electron chi connectivity index (χ1n) is 5.88. The molecule has 0 atom stereocenters. The van der Waals surface area contributed by atoms with E-state index in [2.05, 4.69) is 4.90 Å². The third-order valence-electron chi connectivity index (χ3n) is 3.13. The summed E-state index contributed by atoms with van der Waals surface area (Å²) >= 11 is 0. The summed E-state index contributed by atoms with van der Waals surface area (Å²) in [6, 6.07) is -0.0421. The molecular formula is C10H20N4O2. The second-order valence-corrected chi connectivity index (χ2v) is 4.27. The third-order valence-corrected chi connectivity index (χ3v) is 3.13. The molecule has 2 heterocycles. The van der Waals surface area contributed by atoms with Crippen LogP contribution >= 0.6 is 0 Å². The first-order valence-corrected chi connectivity index (χ1v) is 5.88. The van der Waals surface area contributed by atoms with E-state index in [4.69, 9.17) is 10.6 Å². The average molecular weight is 228 g/mol. The summed E-state index contributed by atoms with van der Waals surface area (Å²) in [4.78, 5) is 15.8. The smallest absolute Gasteiger partial charge is 0.334 e. The van der Waals surface area contributed by atoms with Crippen molar-refractivity contribution >= 4 is 6.03 Å². The van der Waals surface area contributed by atoms with Gasteiger partial charge in [-0.3, -0.25) is 9.91 Å². The van der Waals surface area contributed by atoms with Gasteiger partial charge in [-0.1, -0.05) is 0 Å². The molecule has 2 aliphatic heterocycles. The molecule has 2 rings (SSSR count). The highest BCUT2D eigenvalue weighted by Gasteiger charge is 2.23. The van der Waals surface area contributed by atoms with Crippen molar-refractivity contribution in [2.24, 2.45) is 5.84 Å². The van der Waals surface area contributed by atoms with Crippen molar-refractivity contribution < 1.29 is 9.53 Å². The van der Waals surface area contributed by atoms with E-state index in [1.807, 2.05) is 4.90 Å². The minimum atomic E-state index is -0.0421. The Bertz CT molecular complexity index is 243. The van der Waals surface area contributed by atoms with E-state index in [-0.39, 0.29) is 6.03 Å². The molecule has 0 aromatic carbocycles. The molecule has 0 saturated carbocycles. The number of ether oxygens (including phenoxy) is 1. The van der Waals surface area contributed by atoms with Crippen molar-refractivity contribution in [3.05, 3.63) is 0 Å². The fraction of sp³-hybridized carbons (Fsp3) is 0.900. The van der Waals surface area contributed by atoms with Crippen LogP contribution in [0.25, 0.3) is 0 Å². The van der Waals surface area contributed by atoms with Crippen molar-refractivity contribution in [3.63, 3.8) is 0 Å². The van der Waals surface area contributed by atoms with Crippen molar-refractivity contribution in [1.29, 1.82) is 0 Å². The summed E-state index contributed by atoms with van der Waals surface area (Å²) in [6.45, 7) is 6.73. The van der Waals surface area contributed by atoms with E-state index >= 15 is 0 Å². The van der Waals surface area contributed by atoms with Crippen LogP contribution in [0.2, 0.25) is 0 Å². The molecule has 0 aliphatic carbocycles. The topological polar surface area (TPSA) is 62.0 Å². The fourth-order valence-electron chi connectivity index (χ4n) is 2.10. The van der Waals surface area contributed by atoms with Crippen LogP contribution in [0, 0.1) is 0 Å². The molecule has 0 bridgehead atoms. The Labute approximate surface area is 95.9 Å². The number of urea groups is 1. The normalized spacial score (nSPS) is 23.9. The highest BCUT2D eigenvalue weighted by atomic mass is 16.5. The largest absolute Gasteiger partial charge is 0.379 e. The van der Waals surface area contributed by atoms with Crippen LogP contribution in [0.3, 0.4) is 0 Å². The minimum Gasteiger partial charge on any atom is -0.379 e. The minimum absolute atomic E-state index is 0.0421. The number of morpholine rings is 1. The molecule has 2 N–H and O–H groups in total. The molecular weight excluding hydrogens is 208 g/mol. The van der Waals surface area contributed by atoms with E-state index < -0.39 is 0 Å². The maximum absolute atomic E-state index is 11.7. The zero-order valence-corrected chi connectivity index (χ0v) is 9.60. The van der Waals surface area contributed by atoms with E-state index in [9.17, 15) is 4.79 Å². The molecule has 0 spiro atoms. The van der Waals surface area contributed by atoms with Crippen LogP contribution < -0.4 is 5.84 Å². The lowest BCUT2D eigenvalue weighted by Crippen LogP contribution is -2.54. The summed E-state index contributed by atoms with van der Waals surface area (Å²) < 4.78 is 5.28. The van der Waals surface area contributed by atoms with Crippen molar-refractivity contribution in [3.8, 4) is 0 Å². The average Bonchev–Trinajstić information content (AvgIpc) is 2.32. The number of nitrogens with two attached hydrogens (primary N) is 1.